The zero-order valence-electron chi connectivity index (χ0n) is 32.8. The first-order valence-electron chi connectivity index (χ1n) is 20.4. The van der Waals surface area contributed by atoms with Crippen LogP contribution in [-0.2, 0) is 0 Å². The number of rotatable bonds is 5. The van der Waals surface area contributed by atoms with Gasteiger partial charge in [-0.25, -0.2) is 0 Å². The lowest BCUT2D eigenvalue weighted by molar-refractivity contribution is 1.13. The smallest absolute Gasteiger partial charge is 0.0992 e. The van der Waals surface area contributed by atoms with Crippen LogP contribution in [0.25, 0.3) is 105 Å². The third-order valence-electron chi connectivity index (χ3n) is 12.2. The summed E-state index contributed by atoms with van der Waals surface area (Å²) in [5.74, 6) is 0. The molecule has 0 saturated heterocycles. The van der Waals surface area contributed by atoms with Crippen molar-refractivity contribution in [3.63, 3.8) is 0 Å². The molecular formula is C56H33N5. The molecule has 12 rings (SSSR count). The maximum Gasteiger partial charge on any atom is 0.0992 e. The van der Waals surface area contributed by atoms with Gasteiger partial charge in [0, 0.05) is 49.4 Å². The van der Waals surface area contributed by atoms with Gasteiger partial charge in [0.15, 0.2) is 0 Å². The summed E-state index contributed by atoms with van der Waals surface area (Å²) in [6.07, 6.45) is 0. The highest BCUT2D eigenvalue weighted by Crippen LogP contribution is 2.43. The third-order valence-corrected chi connectivity index (χ3v) is 12.2. The van der Waals surface area contributed by atoms with Crippen molar-refractivity contribution < 1.29 is 0 Å². The molecule has 9 aromatic carbocycles. The van der Waals surface area contributed by atoms with E-state index in [0.717, 1.165) is 61.4 Å². The van der Waals surface area contributed by atoms with Crippen LogP contribution in [0, 0.1) is 22.7 Å². The van der Waals surface area contributed by atoms with Gasteiger partial charge in [-0.1, -0.05) is 109 Å². The fourth-order valence-electron chi connectivity index (χ4n) is 9.62. The summed E-state index contributed by atoms with van der Waals surface area (Å²) in [4.78, 5) is 0. The summed E-state index contributed by atoms with van der Waals surface area (Å²) in [5, 5.41) is 27.0. The first-order chi connectivity index (χ1) is 30.2. The van der Waals surface area contributed by atoms with E-state index in [2.05, 4.69) is 190 Å². The molecule has 3 aromatic heterocycles. The van der Waals surface area contributed by atoms with Crippen LogP contribution < -0.4 is 0 Å². The van der Waals surface area contributed by atoms with Crippen molar-refractivity contribution in [1.82, 2.24) is 13.7 Å². The molecule has 0 spiro atoms. The molecule has 0 aliphatic carbocycles. The number of nitriles is 2. The fourth-order valence-corrected chi connectivity index (χ4v) is 9.62. The highest BCUT2D eigenvalue weighted by Gasteiger charge is 2.22. The Kier molecular flexibility index (Phi) is 7.59. The second-order valence-electron chi connectivity index (χ2n) is 15.6. The maximum absolute atomic E-state index is 10.4. The van der Waals surface area contributed by atoms with Crippen molar-refractivity contribution >= 4 is 65.4 Å². The zero-order valence-corrected chi connectivity index (χ0v) is 32.8. The van der Waals surface area contributed by atoms with E-state index in [9.17, 15) is 10.5 Å². The molecule has 0 saturated carbocycles. The quantitative estimate of drug-likeness (QED) is 0.175. The molecule has 0 aliphatic heterocycles. The van der Waals surface area contributed by atoms with E-state index in [4.69, 9.17) is 0 Å². The Morgan fingerprint density at radius 1 is 0.295 bits per heavy atom. The summed E-state index contributed by atoms with van der Waals surface area (Å²) in [7, 11) is 0. The largest absolute Gasteiger partial charge is 0.309 e. The number of nitrogens with zero attached hydrogens (tertiary/aromatic N) is 5. The minimum atomic E-state index is 0.564. The van der Waals surface area contributed by atoms with Gasteiger partial charge in [0.1, 0.15) is 0 Å². The second kappa shape index (κ2) is 13.5. The van der Waals surface area contributed by atoms with Crippen molar-refractivity contribution in [2.24, 2.45) is 0 Å². The first kappa shape index (κ1) is 34.4. The summed E-state index contributed by atoms with van der Waals surface area (Å²) >= 11 is 0. The zero-order chi connectivity index (χ0) is 40.6. The van der Waals surface area contributed by atoms with Crippen LogP contribution in [0.1, 0.15) is 11.1 Å². The third kappa shape index (κ3) is 5.25. The average molecular weight is 776 g/mol. The van der Waals surface area contributed by atoms with Crippen molar-refractivity contribution in [3.8, 4) is 51.5 Å². The van der Waals surface area contributed by atoms with Gasteiger partial charge in [0.2, 0.25) is 0 Å². The summed E-state index contributed by atoms with van der Waals surface area (Å²) in [6.45, 7) is 0. The molecule has 0 atom stereocenters. The number of benzene rings is 9. The SMILES string of the molecule is N#Cc1ccc(-c2cc(C#N)cc(-c3cc(-n4c5ccccc5c5ccccc54)cc(-n4c5ccccc5c5c4ccc4c6ccccc6n(-c6ccccc6)c45)c3)c2)cc1. The van der Waals surface area contributed by atoms with E-state index in [1.165, 1.54) is 43.4 Å². The normalized spacial score (nSPS) is 11.6. The number of hydrogen-bond acceptors (Lipinski definition) is 2. The van der Waals surface area contributed by atoms with E-state index in [1.807, 2.05) is 36.4 Å². The van der Waals surface area contributed by atoms with Crippen LogP contribution in [0.3, 0.4) is 0 Å². The molecule has 3 heterocycles. The molecule has 282 valence electrons. The van der Waals surface area contributed by atoms with E-state index < -0.39 is 0 Å². The molecule has 0 aliphatic rings. The van der Waals surface area contributed by atoms with Gasteiger partial charge in [-0.2, -0.15) is 10.5 Å². The molecular weight excluding hydrogens is 743 g/mol. The Labute approximate surface area is 351 Å². The molecule has 0 radical (unpaired) electrons. The molecule has 0 unspecified atom stereocenters. The van der Waals surface area contributed by atoms with E-state index in [1.54, 1.807) is 0 Å². The van der Waals surface area contributed by atoms with Gasteiger partial charge in [-0.15, -0.1) is 0 Å². The molecule has 12 aromatic rings. The van der Waals surface area contributed by atoms with Gasteiger partial charge in [0.05, 0.1) is 56.4 Å². The van der Waals surface area contributed by atoms with E-state index >= 15 is 0 Å². The standard InChI is InChI=1S/C56H33N5/c57-34-36-22-24-38(25-23-36)39-28-37(35-58)29-40(30-39)41-31-43(59-50-18-8-4-14-45(50)46-15-5-9-19-51(46)59)33-44(32-41)60-53-21-11-7-17-49(53)55-54(60)27-26-48-47-16-6-10-20-52(47)61(56(48)55)42-12-2-1-3-13-42/h1-33H. The van der Waals surface area contributed by atoms with E-state index in [0.29, 0.717) is 11.1 Å². The van der Waals surface area contributed by atoms with Gasteiger partial charge in [0.25, 0.3) is 0 Å². The van der Waals surface area contributed by atoms with Crippen molar-refractivity contribution in [2.75, 3.05) is 0 Å². The molecule has 61 heavy (non-hydrogen) atoms. The Morgan fingerprint density at radius 3 is 1.38 bits per heavy atom. The molecule has 5 heteroatoms. The minimum Gasteiger partial charge on any atom is -0.309 e. The Hall–Kier alpha value is -8.64. The lowest BCUT2D eigenvalue weighted by Gasteiger charge is -2.17. The highest BCUT2D eigenvalue weighted by molar-refractivity contribution is 6.26. The van der Waals surface area contributed by atoms with Gasteiger partial charge in [-0.3, -0.25) is 0 Å². The van der Waals surface area contributed by atoms with Crippen LogP contribution >= 0.6 is 0 Å². The highest BCUT2D eigenvalue weighted by atomic mass is 15.0. The Morgan fingerprint density at radius 2 is 0.770 bits per heavy atom. The molecule has 0 fully saturated rings. The number of para-hydroxylation sites is 5. The molecule has 0 N–H and O–H groups in total. The summed E-state index contributed by atoms with van der Waals surface area (Å²) < 4.78 is 7.20. The van der Waals surface area contributed by atoms with Crippen LogP contribution in [0.5, 0.6) is 0 Å². The summed E-state index contributed by atoms with van der Waals surface area (Å²) in [5.41, 5.74) is 14.8. The van der Waals surface area contributed by atoms with E-state index in [-0.39, 0.29) is 0 Å². The van der Waals surface area contributed by atoms with Crippen LogP contribution in [0.4, 0.5) is 0 Å². The van der Waals surface area contributed by atoms with Crippen LogP contribution in [0.2, 0.25) is 0 Å². The van der Waals surface area contributed by atoms with Gasteiger partial charge < -0.3 is 13.7 Å². The monoisotopic (exact) mass is 775 g/mol. The summed E-state index contributed by atoms with van der Waals surface area (Å²) in [6, 6.07) is 74.9. The van der Waals surface area contributed by atoms with Crippen LogP contribution in [0.15, 0.2) is 200 Å². The number of fused-ring (bicyclic) bond motifs is 10. The first-order valence-corrected chi connectivity index (χ1v) is 20.4. The van der Waals surface area contributed by atoms with Gasteiger partial charge >= 0.3 is 0 Å². The van der Waals surface area contributed by atoms with Crippen molar-refractivity contribution in [3.05, 3.63) is 211 Å². The minimum absolute atomic E-state index is 0.564. The number of aromatic nitrogens is 3. The molecule has 0 bridgehead atoms. The lowest BCUT2D eigenvalue weighted by Crippen LogP contribution is -2.00. The Bertz CT molecular complexity index is 3780. The van der Waals surface area contributed by atoms with Gasteiger partial charge in [-0.05, 0) is 113 Å². The predicted molar refractivity (Wildman–Crippen MR) is 250 cm³/mol. The predicted octanol–water partition coefficient (Wildman–Crippen LogP) is 14.1. The second-order valence-corrected chi connectivity index (χ2v) is 15.6. The van der Waals surface area contributed by atoms with Crippen molar-refractivity contribution in [2.45, 2.75) is 0 Å². The topological polar surface area (TPSA) is 62.4 Å². The number of hydrogen-bond donors (Lipinski definition) is 0. The van der Waals surface area contributed by atoms with Crippen molar-refractivity contribution in [1.29, 1.82) is 10.5 Å². The Balaban J connectivity index is 1.20. The average Bonchev–Trinajstić information content (AvgIpc) is 3.97. The lowest BCUT2D eigenvalue weighted by atomic mass is 9.95. The molecule has 5 nitrogen and oxygen atoms in total. The van der Waals surface area contributed by atoms with Crippen LogP contribution in [-0.4, -0.2) is 13.7 Å². The maximum atomic E-state index is 10.4. The fraction of sp³-hybridized carbons (Fsp3) is 0. The molecule has 0 amide bonds.